The molecule has 0 radical (unpaired) electrons. The minimum Gasteiger partial charge on any atom is -0.497 e. The summed E-state index contributed by atoms with van der Waals surface area (Å²) < 4.78 is 39.3. The molecular formula is C20H21N5O5S. The van der Waals surface area contributed by atoms with E-state index >= 15 is 0 Å². The monoisotopic (exact) mass is 443 g/mol. The number of hydrogen-bond donors (Lipinski definition) is 0. The van der Waals surface area contributed by atoms with Gasteiger partial charge < -0.3 is 9.47 Å². The molecule has 2 heterocycles. The lowest BCUT2D eigenvalue weighted by molar-refractivity contribution is -0.140. The van der Waals surface area contributed by atoms with E-state index in [0.29, 0.717) is 30.9 Å². The van der Waals surface area contributed by atoms with Crippen molar-refractivity contribution in [2.45, 2.75) is 17.7 Å². The van der Waals surface area contributed by atoms with Crippen molar-refractivity contribution in [2.75, 3.05) is 20.2 Å². The number of aromatic nitrogens is 4. The molecule has 0 saturated carbocycles. The summed E-state index contributed by atoms with van der Waals surface area (Å²) in [5.74, 6) is -0.0483. The molecule has 0 aliphatic carbocycles. The number of piperidine rings is 1. The van der Waals surface area contributed by atoms with Gasteiger partial charge in [0.25, 0.3) is 0 Å². The standard InChI is InChI=1S/C20H21N5O5S/c1-29-17-8-10-19(11-9-17)31(27,28)24-12-2-3-15(13-24)20(26)30-18-6-4-16(5-7-18)25-14-21-22-23-25/h4-11,14-15H,2-3,12-13H2,1H3. The van der Waals surface area contributed by atoms with Gasteiger partial charge in [0.05, 0.1) is 23.6 Å². The molecule has 162 valence electrons. The van der Waals surface area contributed by atoms with Crippen LogP contribution in [0.1, 0.15) is 12.8 Å². The minimum atomic E-state index is -3.71. The summed E-state index contributed by atoms with van der Waals surface area (Å²) in [6.45, 7) is 0.439. The van der Waals surface area contributed by atoms with Crippen LogP contribution in [0.15, 0.2) is 59.8 Å². The Kier molecular flexibility index (Phi) is 5.96. The number of carbonyl (C=O) groups excluding carboxylic acids is 1. The Hall–Kier alpha value is -3.31. The zero-order valence-corrected chi connectivity index (χ0v) is 17.6. The lowest BCUT2D eigenvalue weighted by Gasteiger charge is -2.30. The molecule has 1 aliphatic heterocycles. The number of benzene rings is 2. The molecule has 11 heteroatoms. The first kappa shape index (κ1) is 20.9. The summed E-state index contributed by atoms with van der Waals surface area (Å²) in [5, 5.41) is 10.9. The maximum atomic E-state index is 13.0. The predicted molar refractivity (Wildman–Crippen MR) is 109 cm³/mol. The first-order valence-corrected chi connectivity index (χ1v) is 11.1. The molecule has 0 N–H and O–H groups in total. The third kappa shape index (κ3) is 4.57. The highest BCUT2D eigenvalue weighted by molar-refractivity contribution is 7.89. The lowest BCUT2D eigenvalue weighted by Crippen LogP contribution is -2.43. The molecule has 4 rings (SSSR count). The lowest BCUT2D eigenvalue weighted by atomic mass is 10.00. The van der Waals surface area contributed by atoms with Crippen LogP contribution < -0.4 is 9.47 Å². The topological polar surface area (TPSA) is 117 Å². The van der Waals surface area contributed by atoms with E-state index in [0.717, 1.165) is 5.69 Å². The van der Waals surface area contributed by atoms with Crippen molar-refractivity contribution < 1.29 is 22.7 Å². The first-order chi connectivity index (χ1) is 15.0. The molecule has 31 heavy (non-hydrogen) atoms. The number of ether oxygens (including phenoxy) is 2. The van der Waals surface area contributed by atoms with Gasteiger partial charge in [0.1, 0.15) is 17.8 Å². The van der Waals surface area contributed by atoms with Gasteiger partial charge in [-0.25, -0.2) is 13.1 Å². The van der Waals surface area contributed by atoms with Gasteiger partial charge in [-0.05, 0) is 71.8 Å². The fourth-order valence-electron chi connectivity index (χ4n) is 3.40. The zero-order chi connectivity index (χ0) is 21.8. The number of tetrazole rings is 1. The average molecular weight is 443 g/mol. The van der Waals surface area contributed by atoms with Crippen LogP contribution in [0, 0.1) is 5.92 Å². The molecule has 2 aromatic carbocycles. The first-order valence-electron chi connectivity index (χ1n) is 9.67. The maximum absolute atomic E-state index is 13.0. The highest BCUT2D eigenvalue weighted by atomic mass is 32.2. The third-order valence-electron chi connectivity index (χ3n) is 5.08. The molecule has 3 aromatic rings. The Labute approximate surface area is 179 Å². The minimum absolute atomic E-state index is 0.0793. The molecule has 0 bridgehead atoms. The summed E-state index contributed by atoms with van der Waals surface area (Å²) in [4.78, 5) is 12.8. The highest BCUT2D eigenvalue weighted by Gasteiger charge is 2.34. The van der Waals surface area contributed by atoms with E-state index in [-0.39, 0.29) is 11.4 Å². The molecule has 1 saturated heterocycles. The van der Waals surface area contributed by atoms with Gasteiger partial charge in [-0.2, -0.15) is 4.31 Å². The smallest absolute Gasteiger partial charge is 0.315 e. The van der Waals surface area contributed by atoms with Gasteiger partial charge in [-0.3, -0.25) is 4.79 Å². The van der Waals surface area contributed by atoms with Crippen LogP contribution in [0.5, 0.6) is 11.5 Å². The summed E-state index contributed by atoms with van der Waals surface area (Å²) in [6.07, 6.45) is 2.60. The fourth-order valence-corrected chi connectivity index (χ4v) is 4.92. The number of nitrogens with zero attached hydrogens (tertiary/aromatic N) is 5. The molecule has 0 spiro atoms. The molecule has 1 atom stereocenters. The molecule has 1 unspecified atom stereocenters. The molecule has 1 aromatic heterocycles. The normalized spacial score (nSPS) is 17.3. The molecule has 0 amide bonds. The fraction of sp³-hybridized carbons (Fsp3) is 0.300. The van der Waals surface area contributed by atoms with Gasteiger partial charge in [0.2, 0.25) is 10.0 Å². The van der Waals surface area contributed by atoms with E-state index in [1.807, 2.05) is 0 Å². The second kappa shape index (κ2) is 8.82. The summed E-state index contributed by atoms with van der Waals surface area (Å²) in [5.41, 5.74) is 0.722. The van der Waals surface area contributed by atoms with E-state index in [4.69, 9.17) is 9.47 Å². The summed E-state index contributed by atoms with van der Waals surface area (Å²) >= 11 is 0. The van der Waals surface area contributed by atoms with Gasteiger partial charge in [-0.1, -0.05) is 0 Å². The summed E-state index contributed by atoms with van der Waals surface area (Å²) in [6, 6.07) is 12.9. The van der Waals surface area contributed by atoms with Crippen LogP contribution in [-0.4, -0.2) is 59.1 Å². The van der Waals surface area contributed by atoms with Crippen molar-refractivity contribution in [3.8, 4) is 17.2 Å². The highest BCUT2D eigenvalue weighted by Crippen LogP contribution is 2.26. The zero-order valence-electron chi connectivity index (χ0n) is 16.8. The van der Waals surface area contributed by atoms with E-state index in [1.54, 1.807) is 36.4 Å². The largest absolute Gasteiger partial charge is 0.497 e. The average Bonchev–Trinajstić information content (AvgIpc) is 3.35. The number of rotatable bonds is 6. The maximum Gasteiger partial charge on any atom is 0.315 e. The Morgan fingerprint density at radius 3 is 2.42 bits per heavy atom. The van der Waals surface area contributed by atoms with E-state index in [2.05, 4.69) is 15.5 Å². The Bertz CT molecular complexity index is 1130. The van der Waals surface area contributed by atoms with Crippen molar-refractivity contribution in [3.63, 3.8) is 0 Å². The summed E-state index contributed by atoms with van der Waals surface area (Å²) in [7, 11) is -2.19. The van der Waals surface area contributed by atoms with Crippen LogP contribution in [-0.2, 0) is 14.8 Å². The number of carbonyl (C=O) groups is 1. The second-order valence-corrected chi connectivity index (χ2v) is 8.99. The number of methoxy groups -OCH3 is 1. The second-order valence-electron chi connectivity index (χ2n) is 7.05. The van der Waals surface area contributed by atoms with Crippen LogP contribution in [0.4, 0.5) is 0 Å². The van der Waals surface area contributed by atoms with Crippen molar-refractivity contribution in [1.29, 1.82) is 0 Å². The van der Waals surface area contributed by atoms with Crippen molar-refractivity contribution in [2.24, 2.45) is 5.92 Å². The molecular weight excluding hydrogens is 422 g/mol. The van der Waals surface area contributed by atoms with Crippen LogP contribution in [0.2, 0.25) is 0 Å². The van der Waals surface area contributed by atoms with Crippen LogP contribution in [0.3, 0.4) is 0 Å². The third-order valence-corrected chi connectivity index (χ3v) is 6.96. The van der Waals surface area contributed by atoms with E-state index in [9.17, 15) is 13.2 Å². The van der Waals surface area contributed by atoms with Gasteiger partial charge in [-0.15, -0.1) is 5.10 Å². The van der Waals surface area contributed by atoms with Crippen molar-refractivity contribution >= 4 is 16.0 Å². The van der Waals surface area contributed by atoms with E-state index < -0.39 is 21.9 Å². The molecule has 10 nitrogen and oxygen atoms in total. The van der Waals surface area contributed by atoms with Gasteiger partial charge >= 0.3 is 5.97 Å². The van der Waals surface area contributed by atoms with Gasteiger partial charge in [0, 0.05) is 13.1 Å². The Morgan fingerprint density at radius 2 is 1.77 bits per heavy atom. The molecule has 1 fully saturated rings. The predicted octanol–water partition coefficient (Wildman–Crippen LogP) is 1.68. The quantitative estimate of drug-likeness (QED) is 0.417. The molecule has 1 aliphatic rings. The number of sulfonamides is 1. The number of hydrogen-bond acceptors (Lipinski definition) is 8. The Balaban J connectivity index is 1.42. The van der Waals surface area contributed by atoms with Gasteiger partial charge in [0.15, 0.2) is 0 Å². The van der Waals surface area contributed by atoms with Crippen molar-refractivity contribution in [1.82, 2.24) is 24.5 Å². The SMILES string of the molecule is COc1ccc(S(=O)(=O)N2CCCC(C(=O)Oc3ccc(-n4cnnn4)cc3)C2)cc1. The number of esters is 1. The van der Waals surface area contributed by atoms with Crippen LogP contribution in [0.25, 0.3) is 5.69 Å². The van der Waals surface area contributed by atoms with Crippen molar-refractivity contribution in [3.05, 3.63) is 54.9 Å². The van der Waals surface area contributed by atoms with E-state index in [1.165, 1.54) is 34.6 Å². The Morgan fingerprint density at radius 1 is 1.06 bits per heavy atom. The van der Waals surface area contributed by atoms with Crippen LogP contribution >= 0.6 is 0 Å².